The van der Waals surface area contributed by atoms with E-state index in [0.717, 1.165) is 25.1 Å². The fourth-order valence-corrected chi connectivity index (χ4v) is 2.49. The Labute approximate surface area is 120 Å². The highest BCUT2D eigenvalue weighted by atomic mass is 19.2. The van der Waals surface area contributed by atoms with Crippen LogP contribution in [0, 0.1) is 23.4 Å². The molecule has 7 heteroatoms. The maximum Gasteiger partial charge on any atom is 0.238 e. The third-order valence-corrected chi connectivity index (χ3v) is 3.58. The normalized spacial score (nSPS) is 19.0. The molecule has 1 amide bonds. The summed E-state index contributed by atoms with van der Waals surface area (Å²) >= 11 is 0. The lowest BCUT2D eigenvalue weighted by atomic mass is 10.1. The molecule has 0 aromatic heterocycles. The Balaban J connectivity index is 1.90. The number of halogens is 3. The van der Waals surface area contributed by atoms with E-state index in [0.29, 0.717) is 18.9 Å². The third-order valence-electron chi connectivity index (χ3n) is 3.58. The maximum absolute atomic E-state index is 13.4. The van der Waals surface area contributed by atoms with Crippen molar-refractivity contribution in [2.45, 2.75) is 12.8 Å². The van der Waals surface area contributed by atoms with Gasteiger partial charge in [0.2, 0.25) is 5.91 Å². The van der Waals surface area contributed by atoms with Gasteiger partial charge in [0.15, 0.2) is 17.5 Å². The Bertz CT molecular complexity index is 525. The molecule has 1 aliphatic rings. The van der Waals surface area contributed by atoms with E-state index in [2.05, 4.69) is 5.32 Å². The Morgan fingerprint density at radius 1 is 1.33 bits per heavy atom. The molecule has 1 aliphatic heterocycles. The third kappa shape index (κ3) is 3.95. The van der Waals surface area contributed by atoms with Crippen LogP contribution in [0.3, 0.4) is 0 Å². The molecule has 1 aromatic carbocycles. The second-order valence-electron chi connectivity index (χ2n) is 5.17. The van der Waals surface area contributed by atoms with E-state index in [9.17, 15) is 18.0 Å². The van der Waals surface area contributed by atoms with Gasteiger partial charge in [0.25, 0.3) is 0 Å². The van der Waals surface area contributed by atoms with Crippen molar-refractivity contribution in [1.29, 1.82) is 0 Å². The zero-order valence-corrected chi connectivity index (χ0v) is 11.4. The number of aliphatic hydroxyl groups excluding tert-OH is 1. The van der Waals surface area contributed by atoms with E-state index in [1.165, 1.54) is 0 Å². The minimum absolute atomic E-state index is 0.0559. The second-order valence-corrected chi connectivity index (χ2v) is 5.17. The van der Waals surface area contributed by atoms with E-state index in [-0.39, 0.29) is 18.8 Å². The van der Waals surface area contributed by atoms with Crippen LogP contribution in [0.25, 0.3) is 0 Å². The number of amides is 1. The molecule has 0 bridgehead atoms. The van der Waals surface area contributed by atoms with Gasteiger partial charge in [-0.05, 0) is 37.4 Å². The molecule has 116 valence electrons. The molecule has 1 saturated heterocycles. The van der Waals surface area contributed by atoms with Gasteiger partial charge in [0.1, 0.15) is 0 Å². The Morgan fingerprint density at radius 2 is 2.10 bits per heavy atom. The van der Waals surface area contributed by atoms with Crippen molar-refractivity contribution in [2.24, 2.45) is 5.92 Å². The quantitative estimate of drug-likeness (QED) is 0.815. The largest absolute Gasteiger partial charge is 0.396 e. The van der Waals surface area contributed by atoms with Crippen LogP contribution < -0.4 is 5.32 Å². The zero-order chi connectivity index (χ0) is 15.4. The SMILES string of the molecule is O=C(CN1CCC(CCO)C1)Nc1ccc(F)c(F)c1F. The molecule has 2 N–H and O–H groups in total. The molecule has 1 unspecified atom stereocenters. The first-order chi connectivity index (χ1) is 10.0. The van der Waals surface area contributed by atoms with Crippen molar-refractivity contribution in [3.63, 3.8) is 0 Å². The van der Waals surface area contributed by atoms with E-state index >= 15 is 0 Å². The van der Waals surface area contributed by atoms with Gasteiger partial charge in [-0.2, -0.15) is 0 Å². The van der Waals surface area contributed by atoms with Gasteiger partial charge in [0, 0.05) is 13.2 Å². The van der Waals surface area contributed by atoms with Gasteiger partial charge < -0.3 is 10.4 Å². The predicted molar refractivity (Wildman–Crippen MR) is 71.2 cm³/mol. The van der Waals surface area contributed by atoms with Gasteiger partial charge in [-0.15, -0.1) is 0 Å². The molecule has 21 heavy (non-hydrogen) atoms. The summed E-state index contributed by atoms with van der Waals surface area (Å²) in [5, 5.41) is 11.1. The van der Waals surface area contributed by atoms with E-state index < -0.39 is 23.4 Å². The van der Waals surface area contributed by atoms with Crippen LogP contribution in [-0.4, -0.2) is 42.2 Å². The molecule has 4 nitrogen and oxygen atoms in total. The summed E-state index contributed by atoms with van der Waals surface area (Å²) in [5.74, 6) is -4.43. The molecule has 0 saturated carbocycles. The summed E-state index contributed by atoms with van der Waals surface area (Å²) in [6.45, 7) is 1.58. The lowest BCUT2D eigenvalue weighted by molar-refractivity contribution is -0.117. The second kappa shape index (κ2) is 6.91. The van der Waals surface area contributed by atoms with Crippen LogP contribution in [0.1, 0.15) is 12.8 Å². The molecule has 0 spiro atoms. The summed E-state index contributed by atoms with van der Waals surface area (Å²) in [6.07, 6.45) is 1.59. The summed E-state index contributed by atoms with van der Waals surface area (Å²) in [6, 6.07) is 1.76. The van der Waals surface area contributed by atoms with E-state index in [4.69, 9.17) is 5.11 Å². The first kappa shape index (κ1) is 15.8. The van der Waals surface area contributed by atoms with Crippen LogP contribution in [-0.2, 0) is 4.79 Å². The van der Waals surface area contributed by atoms with Crippen molar-refractivity contribution in [2.75, 3.05) is 31.6 Å². The number of carbonyl (C=O) groups is 1. The lowest BCUT2D eigenvalue weighted by Crippen LogP contribution is -2.32. The molecular weight excluding hydrogens is 285 g/mol. The smallest absolute Gasteiger partial charge is 0.238 e. The minimum Gasteiger partial charge on any atom is -0.396 e. The van der Waals surface area contributed by atoms with Crippen molar-refractivity contribution in [3.8, 4) is 0 Å². The number of anilines is 1. The predicted octanol–water partition coefficient (Wildman–Crippen LogP) is 1.75. The molecule has 0 radical (unpaired) electrons. The molecule has 1 aromatic rings. The molecule has 0 aliphatic carbocycles. The highest BCUT2D eigenvalue weighted by Crippen LogP contribution is 2.21. The van der Waals surface area contributed by atoms with Gasteiger partial charge in [-0.1, -0.05) is 0 Å². The van der Waals surface area contributed by atoms with Crippen molar-refractivity contribution in [3.05, 3.63) is 29.6 Å². The van der Waals surface area contributed by atoms with Crippen LogP contribution >= 0.6 is 0 Å². The highest BCUT2D eigenvalue weighted by Gasteiger charge is 2.24. The summed E-state index contributed by atoms with van der Waals surface area (Å²) in [7, 11) is 0. The summed E-state index contributed by atoms with van der Waals surface area (Å²) in [4.78, 5) is 13.7. The topological polar surface area (TPSA) is 52.6 Å². The van der Waals surface area contributed by atoms with Crippen LogP contribution in [0.5, 0.6) is 0 Å². The molecule has 1 fully saturated rings. The Kier molecular flexibility index (Phi) is 5.19. The minimum atomic E-state index is -1.60. The maximum atomic E-state index is 13.4. The highest BCUT2D eigenvalue weighted by molar-refractivity contribution is 5.92. The van der Waals surface area contributed by atoms with Crippen LogP contribution in [0.15, 0.2) is 12.1 Å². The standard InChI is InChI=1S/C14H17F3N2O2/c15-10-1-2-11(14(17)13(10)16)18-12(21)8-19-5-3-9(7-19)4-6-20/h1-2,9,20H,3-8H2,(H,18,21). The average molecular weight is 302 g/mol. The zero-order valence-electron chi connectivity index (χ0n) is 11.4. The average Bonchev–Trinajstić information content (AvgIpc) is 2.87. The van der Waals surface area contributed by atoms with E-state index in [1.807, 2.05) is 4.90 Å². The van der Waals surface area contributed by atoms with Gasteiger partial charge >= 0.3 is 0 Å². The number of rotatable bonds is 5. The number of nitrogens with one attached hydrogen (secondary N) is 1. The number of nitrogens with zero attached hydrogens (tertiary/aromatic N) is 1. The Hall–Kier alpha value is -1.60. The number of hydrogen-bond acceptors (Lipinski definition) is 3. The molecule has 1 heterocycles. The number of aliphatic hydroxyl groups is 1. The number of carbonyl (C=O) groups excluding carboxylic acids is 1. The van der Waals surface area contributed by atoms with E-state index in [1.54, 1.807) is 0 Å². The monoisotopic (exact) mass is 302 g/mol. The summed E-state index contributed by atoms with van der Waals surface area (Å²) in [5.41, 5.74) is -0.370. The Morgan fingerprint density at radius 3 is 2.81 bits per heavy atom. The van der Waals surface area contributed by atoms with Crippen LogP contribution in [0.2, 0.25) is 0 Å². The molecular formula is C14H17F3N2O2. The first-order valence-corrected chi connectivity index (χ1v) is 6.77. The number of likely N-dealkylation sites (tertiary alicyclic amines) is 1. The van der Waals surface area contributed by atoms with Gasteiger partial charge in [-0.3, -0.25) is 9.69 Å². The fraction of sp³-hybridized carbons (Fsp3) is 0.500. The first-order valence-electron chi connectivity index (χ1n) is 6.77. The fourth-order valence-electron chi connectivity index (χ4n) is 2.49. The van der Waals surface area contributed by atoms with Crippen LogP contribution in [0.4, 0.5) is 18.9 Å². The van der Waals surface area contributed by atoms with Gasteiger partial charge in [0.05, 0.1) is 12.2 Å². The lowest BCUT2D eigenvalue weighted by Gasteiger charge is -2.15. The number of benzene rings is 1. The summed E-state index contributed by atoms with van der Waals surface area (Å²) < 4.78 is 39.3. The van der Waals surface area contributed by atoms with Crippen molar-refractivity contribution in [1.82, 2.24) is 4.90 Å². The number of hydrogen-bond donors (Lipinski definition) is 2. The van der Waals surface area contributed by atoms with Gasteiger partial charge in [-0.25, -0.2) is 13.2 Å². The van der Waals surface area contributed by atoms with Crippen molar-refractivity contribution >= 4 is 11.6 Å². The molecule has 2 rings (SSSR count). The van der Waals surface area contributed by atoms with Crippen molar-refractivity contribution < 1.29 is 23.1 Å². The molecule has 1 atom stereocenters.